The van der Waals surface area contributed by atoms with Crippen LogP contribution in [0.1, 0.15) is 24.0 Å². The maximum Gasteiger partial charge on any atom is 0.333 e. The number of aryl methyl sites for hydroxylation is 1. The van der Waals surface area contributed by atoms with E-state index in [-0.39, 0.29) is 0 Å². The molecule has 2 aliphatic rings. The number of hydrogen-bond acceptors (Lipinski definition) is 2. The first-order valence-corrected chi connectivity index (χ1v) is 7.23. The van der Waals surface area contributed by atoms with Gasteiger partial charge in [-0.3, -0.25) is 0 Å². The molecule has 1 aromatic carbocycles. The van der Waals surface area contributed by atoms with Crippen LogP contribution in [0, 0.1) is 0 Å². The van der Waals surface area contributed by atoms with E-state index in [4.69, 9.17) is 0 Å². The minimum absolute atomic E-state index is 0.388. The van der Waals surface area contributed by atoms with Crippen molar-refractivity contribution in [2.45, 2.75) is 19.3 Å². The second-order valence-corrected chi connectivity index (χ2v) is 5.66. The fourth-order valence-electron chi connectivity index (χ4n) is 3.29. The molecule has 4 heteroatoms. The summed E-state index contributed by atoms with van der Waals surface area (Å²) in [6, 6.07) is 6.50. The van der Waals surface area contributed by atoms with Crippen LogP contribution in [0.15, 0.2) is 41.6 Å². The molecule has 0 amide bonds. The number of nitrogens with one attached hydrogen (secondary N) is 2. The Kier molecular flexibility index (Phi) is 2.64. The zero-order valence-electron chi connectivity index (χ0n) is 11.6. The molecule has 2 aromatic rings. The zero-order chi connectivity index (χ0) is 14.4. The summed E-state index contributed by atoms with van der Waals surface area (Å²) < 4.78 is 0. The summed E-state index contributed by atoms with van der Waals surface area (Å²) in [5.41, 5.74) is 6.38. The van der Waals surface area contributed by atoms with Crippen LogP contribution in [-0.2, 0) is 11.2 Å². The molecule has 0 unspecified atom stereocenters. The van der Waals surface area contributed by atoms with Crippen molar-refractivity contribution < 1.29 is 9.90 Å². The first kappa shape index (κ1) is 12.3. The molecule has 0 fully saturated rings. The third-order valence-electron chi connectivity index (χ3n) is 4.34. The van der Waals surface area contributed by atoms with Gasteiger partial charge in [-0.15, -0.1) is 0 Å². The Morgan fingerprint density at radius 2 is 2.14 bits per heavy atom. The minimum atomic E-state index is -0.834. The number of aromatic amines is 1. The lowest BCUT2D eigenvalue weighted by molar-refractivity contribution is -0.132. The summed E-state index contributed by atoms with van der Waals surface area (Å²) in [7, 11) is 0. The van der Waals surface area contributed by atoms with Crippen LogP contribution in [0.5, 0.6) is 0 Å². The highest BCUT2D eigenvalue weighted by molar-refractivity contribution is 5.92. The number of carboxylic acids is 1. The molecule has 0 bridgehead atoms. The van der Waals surface area contributed by atoms with Gasteiger partial charge in [-0.05, 0) is 54.7 Å². The number of benzene rings is 1. The Balaban J connectivity index is 1.91. The molecule has 21 heavy (non-hydrogen) atoms. The van der Waals surface area contributed by atoms with Gasteiger partial charge in [0.2, 0.25) is 0 Å². The van der Waals surface area contributed by atoms with Gasteiger partial charge in [0.25, 0.3) is 0 Å². The average Bonchev–Trinajstić information content (AvgIpc) is 2.85. The molecule has 0 saturated heterocycles. The summed E-state index contributed by atoms with van der Waals surface area (Å²) in [4.78, 5) is 14.4. The summed E-state index contributed by atoms with van der Waals surface area (Å²) in [5, 5.41) is 13.7. The van der Waals surface area contributed by atoms with Gasteiger partial charge >= 0.3 is 5.97 Å². The van der Waals surface area contributed by atoms with Crippen molar-refractivity contribution in [3.05, 3.63) is 52.7 Å². The Hall–Kier alpha value is -2.49. The van der Waals surface area contributed by atoms with Gasteiger partial charge < -0.3 is 15.4 Å². The third kappa shape index (κ3) is 1.95. The van der Waals surface area contributed by atoms with Crippen LogP contribution < -0.4 is 5.32 Å². The number of H-pyrrole nitrogens is 1. The number of aliphatic carboxylic acids is 1. The van der Waals surface area contributed by atoms with Crippen molar-refractivity contribution in [3.8, 4) is 0 Å². The third-order valence-corrected chi connectivity index (χ3v) is 4.34. The molecular weight excluding hydrogens is 264 g/mol. The van der Waals surface area contributed by atoms with E-state index in [2.05, 4.69) is 28.5 Å². The predicted molar refractivity (Wildman–Crippen MR) is 81.9 cm³/mol. The van der Waals surface area contributed by atoms with Crippen LogP contribution in [0.2, 0.25) is 0 Å². The molecule has 0 spiro atoms. The number of aromatic nitrogens is 1. The maximum absolute atomic E-state index is 11.2. The van der Waals surface area contributed by atoms with Crippen molar-refractivity contribution in [3.63, 3.8) is 0 Å². The van der Waals surface area contributed by atoms with Crippen LogP contribution in [0.3, 0.4) is 0 Å². The topological polar surface area (TPSA) is 65.1 Å². The standard InChI is InChI=1S/C17H16N2O2/c20-17(21)13-6-12-3-1-2-10-8-15-11(4-5-18-15)7-14(10)16(12)19-9-13/h4-8,18-19H,1-3,9H2,(H,20,21). The molecule has 0 saturated carbocycles. The number of carboxylic acid groups (broad SMARTS) is 1. The lowest BCUT2D eigenvalue weighted by Gasteiger charge is -2.21. The fourth-order valence-corrected chi connectivity index (χ4v) is 3.29. The van der Waals surface area contributed by atoms with Crippen molar-refractivity contribution in [1.82, 2.24) is 10.3 Å². The molecule has 1 aliphatic heterocycles. The van der Waals surface area contributed by atoms with Crippen molar-refractivity contribution in [1.29, 1.82) is 0 Å². The van der Waals surface area contributed by atoms with Gasteiger partial charge in [0, 0.05) is 34.9 Å². The summed E-state index contributed by atoms with van der Waals surface area (Å²) in [5.74, 6) is -0.834. The first-order valence-electron chi connectivity index (χ1n) is 7.23. The quantitative estimate of drug-likeness (QED) is 0.752. The number of carbonyl (C=O) groups is 1. The number of hydrogen-bond donors (Lipinski definition) is 3. The number of allylic oxidation sites excluding steroid dienone is 2. The predicted octanol–water partition coefficient (Wildman–Crippen LogP) is 2.83. The second kappa shape index (κ2) is 4.52. The highest BCUT2D eigenvalue weighted by atomic mass is 16.4. The second-order valence-electron chi connectivity index (χ2n) is 5.66. The van der Waals surface area contributed by atoms with Crippen LogP contribution in [0.4, 0.5) is 0 Å². The Bertz CT molecular complexity index is 811. The molecule has 0 radical (unpaired) electrons. The van der Waals surface area contributed by atoms with Gasteiger partial charge in [-0.1, -0.05) is 0 Å². The fraction of sp³-hybridized carbons (Fsp3) is 0.235. The molecule has 1 aromatic heterocycles. The van der Waals surface area contributed by atoms with Gasteiger partial charge in [0.1, 0.15) is 0 Å². The van der Waals surface area contributed by atoms with Crippen molar-refractivity contribution >= 4 is 22.6 Å². The van der Waals surface area contributed by atoms with Crippen LogP contribution in [0.25, 0.3) is 16.6 Å². The van der Waals surface area contributed by atoms with Gasteiger partial charge in [-0.2, -0.15) is 0 Å². The molecule has 3 N–H and O–H groups in total. The summed E-state index contributed by atoms with van der Waals surface area (Å²) >= 11 is 0. The first-order chi connectivity index (χ1) is 10.2. The SMILES string of the molecule is O=C(O)C1=CC2=C(NC1)c1cc3cc[nH]c3cc1CCC2. The Morgan fingerprint density at radius 1 is 1.24 bits per heavy atom. The van der Waals surface area contributed by atoms with Gasteiger partial charge in [0.05, 0.1) is 5.57 Å². The van der Waals surface area contributed by atoms with E-state index < -0.39 is 5.97 Å². The lowest BCUT2D eigenvalue weighted by Crippen LogP contribution is -2.24. The zero-order valence-corrected chi connectivity index (χ0v) is 11.6. The largest absolute Gasteiger partial charge is 0.478 e. The van der Waals surface area contributed by atoms with Gasteiger partial charge in [-0.25, -0.2) is 4.79 Å². The van der Waals surface area contributed by atoms with Crippen molar-refractivity contribution in [2.75, 3.05) is 6.54 Å². The molecule has 0 atom stereocenters. The average molecular weight is 280 g/mol. The maximum atomic E-state index is 11.2. The normalized spacial score (nSPS) is 17.6. The molecule has 4 rings (SSSR count). The monoisotopic (exact) mass is 280 g/mol. The Labute approximate surface area is 122 Å². The smallest absolute Gasteiger partial charge is 0.333 e. The van der Waals surface area contributed by atoms with Crippen LogP contribution in [-0.4, -0.2) is 22.6 Å². The van der Waals surface area contributed by atoms with Crippen LogP contribution >= 0.6 is 0 Å². The van der Waals surface area contributed by atoms with E-state index in [9.17, 15) is 9.90 Å². The lowest BCUT2D eigenvalue weighted by atomic mass is 9.96. The van der Waals surface area contributed by atoms with E-state index in [1.54, 1.807) is 0 Å². The molecule has 106 valence electrons. The minimum Gasteiger partial charge on any atom is -0.478 e. The molecule has 1 aliphatic carbocycles. The number of rotatable bonds is 1. The molecular formula is C17H16N2O2. The number of dihydropyridines is 1. The van der Waals surface area contributed by atoms with E-state index in [0.29, 0.717) is 12.1 Å². The van der Waals surface area contributed by atoms with E-state index in [1.807, 2.05) is 12.3 Å². The van der Waals surface area contributed by atoms with Crippen molar-refractivity contribution in [2.24, 2.45) is 0 Å². The van der Waals surface area contributed by atoms with E-state index in [0.717, 1.165) is 36.0 Å². The van der Waals surface area contributed by atoms with E-state index in [1.165, 1.54) is 16.5 Å². The van der Waals surface area contributed by atoms with Gasteiger partial charge in [0.15, 0.2) is 0 Å². The number of fused-ring (bicyclic) bond motifs is 3. The highest BCUT2D eigenvalue weighted by Gasteiger charge is 2.22. The highest BCUT2D eigenvalue weighted by Crippen LogP contribution is 2.34. The summed E-state index contributed by atoms with van der Waals surface area (Å²) in [6.45, 7) is 0.388. The van der Waals surface area contributed by atoms with E-state index >= 15 is 0 Å². The molecule has 4 nitrogen and oxygen atoms in total. The Morgan fingerprint density at radius 3 is 3.00 bits per heavy atom. The molecule has 2 heterocycles. The summed E-state index contributed by atoms with van der Waals surface area (Å²) in [6.07, 6.45) is 6.79.